The first-order chi connectivity index (χ1) is 14.2. The van der Waals surface area contributed by atoms with E-state index in [4.69, 9.17) is 9.47 Å². The molecule has 0 spiro atoms. The quantitative estimate of drug-likeness (QED) is 0.696. The molecule has 0 atom stereocenters. The highest BCUT2D eigenvalue weighted by atomic mass is 16.5. The number of benzene rings is 1. The normalized spacial score (nSPS) is 18.8. The zero-order valence-corrected chi connectivity index (χ0v) is 16.3. The van der Waals surface area contributed by atoms with E-state index in [0.717, 1.165) is 31.4 Å². The van der Waals surface area contributed by atoms with E-state index in [1.807, 2.05) is 53.4 Å². The lowest BCUT2D eigenvalue weighted by Gasteiger charge is -2.29. The van der Waals surface area contributed by atoms with Crippen LogP contribution >= 0.6 is 0 Å². The summed E-state index contributed by atoms with van der Waals surface area (Å²) in [6.45, 7) is 0. The smallest absolute Gasteiger partial charge is 0.278 e. The molecular weight excluding hydrogens is 368 g/mol. The number of methoxy groups -OCH3 is 1. The Hall–Kier alpha value is -3.35. The Morgan fingerprint density at radius 2 is 1.66 bits per heavy atom. The van der Waals surface area contributed by atoms with Crippen molar-refractivity contribution in [1.29, 1.82) is 0 Å². The molecule has 0 bridgehead atoms. The van der Waals surface area contributed by atoms with Crippen LogP contribution in [-0.4, -0.2) is 39.7 Å². The monoisotopic (exact) mass is 392 g/mol. The van der Waals surface area contributed by atoms with Gasteiger partial charge in [-0.15, -0.1) is 0 Å². The van der Waals surface area contributed by atoms with E-state index >= 15 is 0 Å². The molecule has 0 aliphatic heterocycles. The van der Waals surface area contributed by atoms with Crippen molar-refractivity contribution in [2.24, 2.45) is 0 Å². The highest BCUT2D eigenvalue weighted by Gasteiger charge is 2.25. The van der Waals surface area contributed by atoms with Gasteiger partial charge >= 0.3 is 0 Å². The molecule has 29 heavy (non-hydrogen) atoms. The third-order valence-electron chi connectivity index (χ3n) is 5.15. The van der Waals surface area contributed by atoms with E-state index < -0.39 is 0 Å². The number of nitrogens with zero attached hydrogens (tertiary/aromatic N) is 3. The van der Waals surface area contributed by atoms with Crippen molar-refractivity contribution >= 4 is 5.91 Å². The van der Waals surface area contributed by atoms with Crippen LogP contribution < -0.4 is 14.8 Å². The van der Waals surface area contributed by atoms with Gasteiger partial charge in [-0.3, -0.25) is 4.79 Å². The van der Waals surface area contributed by atoms with Crippen LogP contribution in [-0.2, 0) is 0 Å². The van der Waals surface area contributed by atoms with E-state index in [2.05, 4.69) is 15.3 Å². The maximum atomic E-state index is 12.6. The second kappa shape index (κ2) is 8.77. The van der Waals surface area contributed by atoms with E-state index in [0.29, 0.717) is 17.3 Å². The van der Waals surface area contributed by atoms with Crippen molar-refractivity contribution in [2.45, 2.75) is 37.8 Å². The molecule has 1 aliphatic rings. The first kappa shape index (κ1) is 19.0. The predicted molar refractivity (Wildman–Crippen MR) is 108 cm³/mol. The first-order valence-corrected chi connectivity index (χ1v) is 9.79. The fourth-order valence-corrected chi connectivity index (χ4v) is 3.58. The minimum Gasteiger partial charge on any atom is -0.477 e. The first-order valence-electron chi connectivity index (χ1n) is 9.79. The molecule has 1 saturated carbocycles. The van der Waals surface area contributed by atoms with Gasteiger partial charge in [0.2, 0.25) is 0 Å². The molecule has 4 rings (SSSR count). The van der Waals surface area contributed by atoms with E-state index in [1.165, 1.54) is 0 Å². The van der Waals surface area contributed by atoms with Crippen LogP contribution in [0.5, 0.6) is 11.8 Å². The van der Waals surface area contributed by atoms with Crippen LogP contribution in [0.15, 0.2) is 61.2 Å². The zero-order valence-electron chi connectivity index (χ0n) is 16.3. The van der Waals surface area contributed by atoms with Gasteiger partial charge in [-0.25, -0.2) is 9.97 Å². The Kier molecular flexibility index (Phi) is 5.74. The van der Waals surface area contributed by atoms with Crippen LogP contribution in [0.4, 0.5) is 0 Å². The summed E-state index contributed by atoms with van der Waals surface area (Å²) in [4.78, 5) is 20.9. The van der Waals surface area contributed by atoms with Gasteiger partial charge in [-0.1, -0.05) is 0 Å². The topological polar surface area (TPSA) is 78.3 Å². The summed E-state index contributed by atoms with van der Waals surface area (Å²) in [5, 5.41) is 3.14. The number of hydrogen-bond acceptors (Lipinski definition) is 5. The lowest BCUT2D eigenvalue weighted by atomic mass is 9.92. The minimum absolute atomic E-state index is 0.0379. The van der Waals surface area contributed by atoms with Gasteiger partial charge in [-0.05, 0) is 62.1 Å². The van der Waals surface area contributed by atoms with Gasteiger partial charge in [-0.2, -0.15) is 0 Å². The zero-order chi connectivity index (χ0) is 20.1. The predicted octanol–water partition coefficient (Wildman–Crippen LogP) is 3.40. The van der Waals surface area contributed by atoms with Gasteiger partial charge in [0, 0.05) is 42.1 Å². The maximum Gasteiger partial charge on any atom is 0.278 e. The van der Waals surface area contributed by atoms with Crippen molar-refractivity contribution in [2.75, 3.05) is 7.11 Å². The third kappa shape index (κ3) is 4.56. The third-order valence-corrected chi connectivity index (χ3v) is 5.15. The lowest BCUT2D eigenvalue weighted by molar-refractivity contribution is 0.0886. The molecule has 2 aromatic heterocycles. The van der Waals surface area contributed by atoms with Crippen LogP contribution in [0.3, 0.4) is 0 Å². The number of carbonyl (C=O) groups is 1. The number of rotatable bonds is 6. The fraction of sp³-hybridized carbons (Fsp3) is 0.318. The molecule has 1 aromatic carbocycles. The van der Waals surface area contributed by atoms with Crippen molar-refractivity contribution < 1.29 is 14.3 Å². The fourth-order valence-electron chi connectivity index (χ4n) is 3.58. The second-order valence-electron chi connectivity index (χ2n) is 7.07. The molecule has 1 fully saturated rings. The standard InChI is InChI=1S/C22H24N4O3/c1-28-21-22(24-13-12-23-21)29-19-10-6-17(7-11-19)25-20(27)16-4-8-18(9-5-16)26-14-2-3-15-26/h2-5,8-9,12-15,17,19H,6-7,10-11H2,1H3,(H,25,27). The summed E-state index contributed by atoms with van der Waals surface area (Å²) < 4.78 is 13.1. The molecule has 1 N–H and O–H groups in total. The summed E-state index contributed by atoms with van der Waals surface area (Å²) in [6, 6.07) is 11.7. The van der Waals surface area contributed by atoms with Gasteiger partial charge in [0.15, 0.2) is 0 Å². The summed E-state index contributed by atoms with van der Waals surface area (Å²) in [7, 11) is 1.55. The molecule has 0 saturated heterocycles. The Morgan fingerprint density at radius 1 is 1.00 bits per heavy atom. The summed E-state index contributed by atoms with van der Waals surface area (Å²) in [5.41, 5.74) is 1.70. The van der Waals surface area contributed by atoms with Crippen LogP contribution in [0.25, 0.3) is 5.69 Å². The number of carbonyl (C=O) groups excluding carboxylic acids is 1. The number of hydrogen-bond donors (Lipinski definition) is 1. The SMILES string of the molecule is COc1nccnc1OC1CCC(NC(=O)c2ccc(-n3cccc3)cc2)CC1. The Morgan fingerprint density at radius 3 is 2.31 bits per heavy atom. The van der Waals surface area contributed by atoms with Crippen molar-refractivity contribution in [3.8, 4) is 17.4 Å². The van der Waals surface area contributed by atoms with Crippen LogP contribution in [0.2, 0.25) is 0 Å². The number of amides is 1. The maximum absolute atomic E-state index is 12.6. The van der Waals surface area contributed by atoms with Crippen molar-refractivity contribution in [1.82, 2.24) is 19.9 Å². The summed E-state index contributed by atoms with van der Waals surface area (Å²) in [5.74, 6) is 0.778. The van der Waals surface area contributed by atoms with E-state index in [-0.39, 0.29) is 18.1 Å². The lowest BCUT2D eigenvalue weighted by Crippen LogP contribution is -2.39. The molecule has 3 aromatic rings. The Bertz CT molecular complexity index is 933. The molecule has 7 heteroatoms. The van der Waals surface area contributed by atoms with Crippen molar-refractivity contribution in [3.63, 3.8) is 0 Å². The van der Waals surface area contributed by atoms with Crippen LogP contribution in [0, 0.1) is 0 Å². The highest BCUT2D eigenvalue weighted by Crippen LogP contribution is 2.27. The van der Waals surface area contributed by atoms with Crippen molar-refractivity contribution in [3.05, 3.63) is 66.7 Å². The summed E-state index contributed by atoms with van der Waals surface area (Å²) in [6.07, 6.45) is 10.6. The summed E-state index contributed by atoms with van der Waals surface area (Å²) >= 11 is 0. The van der Waals surface area contributed by atoms with Gasteiger partial charge in [0.25, 0.3) is 17.7 Å². The van der Waals surface area contributed by atoms with Gasteiger partial charge in [0.05, 0.1) is 7.11 Å². The molecule has 0 unspecified atom stereocenters. The molecule has 150 valence electrons. The van der Waals surface area contributed by atoms with Crippen LogP contribution in [0.1, 0.15) is 36.0 Å². The van der Waals surface area contributed by atoms with E-state index in [9.17, 15) is 4.79 Å². The average Bonchev–Trinajstić information content (AvgIpc) is 3.30. The molecule has 0 radical (unpaired) electrons. The number of nitrogens with one attached hydrogen (secondary N) is 1. The Labute approximate surface area is 169 Å². The minimum atomic E-state index is -0.0379. The molecule has 1 aliphatic carbocycles. The Balaban J connectivity index is 1.28. The molecular formula is C22H24N4O3. The largest absolute Gasteiger partial charge is 0.477 e. The highest BCUT2D eigenvalue weighted by molar-refractivity contribution is 5.94. The molecule has 7 nitrogen and oxygen atoms in total. The average molecular weight is 392 g/mol. The number of ether oxygens (including phenoxy) is 2. The van der Waals surface area contributed by atoms with E-state index in [1.54, 1.807) is 19.5 Å². The van der Waals surface area contributed by atoms with Gasteiger partial charge < -0.3 is 19.4 Å². The molecule has 2 heterocycles. The number of aromatic nitrogens is 3. The van der Waals surface area contributed by atoms with Gasteiger partial charge in [0.1, 0.15) is 6.10 Å². The molecule has 1 amide bonds. The second-order valence-corrected chi connectivity index (χ2v) is 7.07.